The SMILES string of the molecule is O=C(O)CCC(NC(=O)C(Cc1ccccc1)NC(=O)C(CO)NC(=O)C1CCCN1)C(=O)O. The van der Waals surface area contributed by atoms with Gasteiger partial charge >= 0.3 is 11.9 Å². The second-order valence-electron chi connectivity index (χ2n) is 7.98. The number of benzene rings is 1. The molecule has 3 amide bonds. The number of carbonyl (C=O) groups excluding carboxylic acids is 3. The van der Waals surface area contributed by atoms with Gasteiger partial charge in [-0.25, -0.2) is 4.79 Å². The number of carbonyl (C=O) groups is 5. The van der Waals surface area contributed by atoms with E-state index in [2.05, 4.69) is 21.3 Å². The summed E-state index contributed by atoms with van der Waals surface area (Å²) in [7, 11) is 0. The van der Waals surface area contributed by atoms with Gasteiger partial charge in [-0.05, 0) is 31.4 Å². The number of hydrogen-bond acceptors (Lipinski definition) is 7. The van der Waals surface area contributed by atoms with Gasteiger partial charge in [0.2, 0.25) is 17.7 Å². The van der Waals surface area contributed by atoms with Crippen LogP contribution in [0.2, 0.25) is 0 Å². The highest BCUT2D eigenvalue weighted by Crippen LogP contribution is 2.07. The Morgan fingerprint density at radius 2 is 1.59 bits per heavy atom. The van der Waals surface area contributed by atoms with Gasteiger partial charge in [0.25, 0.3) is 0 Å². The molecule has 1 aromatic carbocycles. The van der Waals surface area contributed by atoms with Gasteiger partial charge in [0, 0.05) is 12.8 Å². The third-order valence-electron chi connectivity index (χ3n) is 5.37. The molecule has 12 heteroatoms. The summed E-state index contributed by atoms with van der Waals surface area (Å²) in [6, 6.07) is 4.13. The van der Waals surface area contributed by atoms with E-state index in [1.807, 2.05) is 0 Å². The molecule has 1 fully saturated rings. The van der Waals surface area contributed by atoms with Crippen molar-refractivity contribution in [3.63, 3.8) is 0 Å². The molecule has 0 saturated carbocycles. The third-order valence-corrected chi connectivity index (χ3v) is 5.37. The Balaban J connectivity index is 2.12. The molecule has 1 aromatic rings. The summed E-state index contributed by atoms with van der Waals surface area (Å²) in [6.07, 6.45) is 0.588. The van der Waals surface area contributed by atoms with Crippen molar-refractivity contribution in [3.05, 3.63) is 35.9 Å². The molecular formula is C22H30N4O8. The second kappa shape index (κ2) is 13.3. The highest BCUT2D eigenvalue weighted by atomic mass is 16.4. The highest BCUT2D eigenvalue weighted by molar-refractivity contribution is 5.94. The largest absolute Gasteiger partial charge is 0.481 e. The number of hydrogen-bond donors (Lipinski definition) is 7. The molecule has 2 rings (SSSR count). The van der Waals surface area contributed by atoms with E-state index in [9.17, 15) is 34.2 Å². The fourth-order valence-corrected chi connectivity index (χ4v) is 3.50. The summed E-state index contributed by atoms with van der Waals surface area (Å²) >= 11 is 0. The molecule has 0 aliphatic carbocycles. The van der Waals surface area contributed by atoms with Crippen molar-refractivity contribution in [3.8, 4) is 0 Å². The molecule has 1 heterocycles. The number of carboxylic acids is 2. The monoisotopic (exact) mass is 478 g/mol. The van der Waals surface area contributed by atoms with Crippen molar-refractivity contribution in [2.24, 2.45) is 0 Å². The van der Waals surface area contributed by atoms with E-state index < -0.39 is 66.9 Å². The van der Waals surface area contributed by atoms with E-state index in [-0.39, 0.29) is 12.8 Å². The number of rotatable bonds is 13. The second-order valence-corrected chi connectivity index (χ2v) is 7.98. The molecular weight excluding hydrogens is 448 g/mol. The predicted octanol–water partition coefficient (Wildman–Crippen LogP) is -1.62. The maximum Gasteiger partial charge on any atom is 0.326 e. The molecule has 1 aliphatic rings. The van der Waals surface area contributed by atoms with Crippen molar-refractivity contribution in [2.45, 2.75) is 56.3 Å². The number of aliphatic carboxylic acids is 2. The maximum absolute atomic E-state index is 12.9. The van der Waals surface area contributed by atoms with E-state index in [1.54, 1.807) is 30.3 Å². The van der Waals surface area contributed by atoms with Crippen LogP contribution in [0.4, 0.5) is 0 Å². The third kappa shape index (κ3) is 8.45. The van der Waals surface area contributed by atoms with Gasteiger partial charge in [-0.3, -0.25) is 19.2 Å². The van der Waals surface area contributed by atoms with Crippen molar-refractivity contribution < 1.29 is 39.3 Å². The Morgan fingerprint density at radius 3 is 2.15 bits per heavy atom. The molecule has 1 saturated heterocycles. The molecule has 0 bridgehead atoms. The molecule has 0 spiro atoms. The van der Waals surface area contributed by atoms with Gasteiger partial charge in [-0.15, -0.1) is 0 Å². The molecule has 4 unspecified atom stereocenters. The van der Waals surface area contributed by atoms with Gasteiger partial charge in [0.05, 0.1) is 12.6 Å². The summed E-state index contributed by atoms with van der Waals surface area (Å²) < 4.78 is 0. The fraction of sp³-hybridized carbons (Fsp3) is 0.500. The van der Waals surface area contributed by atoms with Crippen LogP contribution in [0.15, 0.2) is 30.3 Å². The van der Waals surface area contributed by atoms with Gasteiger partial charge in [-0.1, -0.05) is 30.3 Å². The lowest BCUT2D eigenvalue weighted by Crippen LogP contribution is -2.58. The summed E-state index contributed by atoms with van der Waals surface area (Å²) in [5, 5.41) is 38.0. The number of aliphatic hydroxyl groups is 1. The van der Waals surface area contributed by atoms with Crippen molar-refractivity contribution in [1.82, 2.24) is 21.3 Å². The van der Waals surface area contributed by atoms with Crippen LogP contribution in [0.3, 0.4) is 0 Å². The lowest BCUT2D eigenvalue weighted by atomic mass is 10.0. The lowest BCUT2D eigenvalue weighted by Gasteiger charge is -2.24. The molecule has 186 valence electrons. The summed E-state index contributed by atoms with van der Waals surface area (Å²) in [4.78, 5) is 60.3. The van der Waals surface area contributed by atoms with Gasteiger partial charge in [0.1, 0.15) is 18.1 Å². The Morgan fingerprint density at radius 1 is 0.941 bits per heavy atom. The van der Waals surface area contributed by atoms with Gasteiger partial charge < -0.3 is 36.6 Å². The fourth-order valence-electron chi connectivity index (χ4n) is 3.50. The first kappa shape index (κ1) is 26.7. The topological polar surface area (TPSA) is 194 Å². The van der Waals surface area contributed by atoms with E-state index in [0.717, 1.165) is 6.42 Å². The normalized spacial score (nSPS) is 17.7. The van der Waals surface area contributed by atoms with E-state index in [0.29, 0.717) is 18.5 Å². The lowest BCUT2D eigenvalue weighted by molar-refractivity contribution is -0.143. The Bertz CT molecular complexity index is 873. The van der Waals surface area contributed by atoms with Crippen LogP contribution in [-0.4, -0.2) is 82.3 Å². The van der Waals surface area contributed by atoms with Crippen LogP contribution in [-0.2, 0) is 30.4 Å². The zero-order chi connectivity index (χ0) is 25.1. The molecule has 34 heavy (non-hydrogen) atoms. The van der Waals surface area contributed by atoms with Crippen molar-refractivity contribution in [1.29, 1.82) is 0 Å². The Labute approximate surface area is 196 Å². The van der Waals surface area contributed by atoms with Gasteiger partial charge in [0.15, 0.2) is 0 Å². The molecule has 0 aromatic heterocycles. The first-order valence-electron chi connectivity index (χ1n) is 10.9. The van der Waals surface area contributed by atoms with Crippen LogP contribution in [0.1, 0.15) is 31.2 Å². The van der Waals surface area contributed by atoms with Crippen LogP contribution >= 0.6 is 0 Å². The first-order chi connectivity index (χ1) is 16.2. The Hall–Kier alpha value is -3.51. The average molecular weight is 479 g/mol. The molecule has 0 radical (unpaired) electrons. The minimum absolute atomic E-state index is 0.0000412. The van der Waals surface area contributed by atoms with Crippen LogP contribution in [0.25, 0.3) is 0 Å². The van der Waals surface area contributed by atoms with Crippen LogP contribution in [0.5, 0.6) is 0 Å². The van der Waals surface area contributed by atoms with Gasteiger partial charge in [-0.2, -0.15) is 0 Å². The number of amides is 3. The molecule has 4 atom stereocenters. The number of nitrogens with one attached hydrogen (secondary N) is 4. The molecule has 7 N–H and O–H groups in total. The summed E-state index contributed by atoms with van der Waals surface area (Å²) in [6.45, 7) is -0.0413. The number of carboxylic acid groups (broad SMARTS) is 2. The van der Waals surface area contributed by atoms with Crippen LogP contribution < -0.4 is 21.3 Å². The van der Waals surface area contributed by atoms with E-state index >= 15 is 0 Å². The molecule has 1 aliphatic heterocycles. The minimum Gasteiger partial charge on any atom is -0.481 e. The predicted molar refractivity (Wildman–Crippen MR) is 119 cm³/mol. The highest BCUT2D eigenvalue weighted by Gasteiger charge is 2.31. The van der Waals surface area contributed by atoms with Crippen molar-refractivity contribution in [2.75, 3.05) is 13.2 Å². The van der Waals surface area contributed by atoms with E-state index in [1.165, 1.54) is 0 Å². The maximum atomic E-state index is 12.9. The number of aliphatic hydroxyl groups excluding tert-OH is 1. The Kier molecular flexibility index (Phi) is 10.4. The van der Waals surface area contributed by atoms with Crippen LogP contribution in [0, 0.1) is 0 Å². The quantitative estimate of drug-likeness (QED) is 0.174. The smallest absolute Gasteiger partial charge is 0.326 e. The summed E-state index contributed by atoms with van der Waals surface area (Å²) in [5.41, 5.74) is 0.667. The molecule has 12 nitrogen and oxygen atoms in total. The van der Waals surface area contributed by atoms with Crippen molar-refractivity contribution >= 4 is 29.7 Å². The average Bonchev–Trinajstić information content (AvgIpc) is 3.35. The zero-order valence-corrected chi connectivity index (χ0v) is 18.5. The minimum atomic E-state index is -1.47. The standard InChI is InChI=1S/C22H30N4O8/c27-12-17(26-19(30)14-7-4-10-23-14)21(32)25-16(11-13-5-2-1-3-6-13)20(31)24-15(22(33)34)8-9-18(28)29/h1-3,5-6,14-17,23,27H,4,7-12H2,(H,24,31)(H,25,32)(H,26,30)(H,28,29)(H,33,34). The summed E-state index contributed by atoms with van der Waals surface area (Å²) in [5.74, 6) is -4.73. The zero-order valence-electron chi connectivity index (χ0n) is 18.5. The first-order valence-corrected chi connectivity index (χ1v) is 10.9. The van der Waals surface area contributed by atoms with E-state index in [4.69, 9.17) is 5.11 Å².